The van der Waals surface area contributed by atoms with E-state index in [1.807, 2.05) is 13.8 Å². The average molecular weight is 195 g/mol. The SMILES string of the molecule is CC(C)[C@H](N)c1cc(CO)ccc1O. The highest BCUT2D eigenvalue weighted by Crippen LogP contribution is 2.28. The van der Waals surface area contributed by atoms with Crippen molar-refractivity contribution in [3.8, 4) is 5.75 Å². The van der Waals surface area contributed by atoms with Gasteiger partial charge in [0.2, 0.25) is 0 Å². The van der Waals surface area contributed by atoms with Crippen LogP contribution in [-0.2, 0) is 6.61 Å². The van der Waals surface area contributed by atoms with E-state index >= 15 is 0 Å². The van der Waals surface area contributed by atoms with Crippen LogP contribution in [0.15, 0.2) is 18.2 Å². The quantitative estimate of drug-likeness (QED) is 0.685. The van der Waals surface area contributed by atoms with E-state index in [0.29, 0.717) is 5.56 Å². The molecule has 3 heteroatoms. The van der Waals surface area contributed by atoms with Gasteiger partial charge in [0, 0.05) is 11.6 Å². The van der Waals surface area contributed by atoms with Crippen LogP contribution in [0.5, 0.6) is 5.75 Å². The third-order valence-electron chi connectivity index (χ3n) is 2.35. The summed E-state index contributed by atoms with van der Waals surface area (Å²) in [6.45, 7) is 3.96. The number of hydrogen-bond donors (Lipinski definition) is 3. The van der Waals surface area contributed by atoms with Crippen LogP contribution in [0.25, 0.3) is 0 Å². The largest absolute Gasteiger partial charge is 0.508 e. The highest BCUT2D eigenvalue weighted by Gasteiger charge is 2.14. The molecule has 0 amide bonds. The van der Waals surface area contributed by atoms with Crippen molar-refractivity contribution in [2.24, 2.45) is 11.7 Å². The van der Waals surface area contributed by atoms with E-state index in [1.165, 1.54) is 0 Å². The van der Waals surface area contributed by atoms with Crippen molar-refractivity contribution in [2.75, 3.05) is 0 Å². The molecule has 0 saturated carbocycles. The van der Waals surface area contributed by atoms with Gasteiger partial charge < -0.3 is 15.9 Å². The Balaban J connectivity index is 3.05. The first-order chi connectivity index (χ1) is 6.56. The Kier molecular flexibility index (Phi) is 3.49. The minimum atomic E-state index is -0.193. The highest BCUT2D eigenvalue weighted by molar-refractivity contribution is 5.38. The van der Waals surface area contributed by atoms with Crippen LogP contribution >= 0.6 is 0 Å². The molecular formula is C11H17NO2. The maximum atomic E-state index is 9.59. The van der Waals surface area contributed by atoms with Crippen molar-refractivity contribution in [3.05, 3.63) is 29.3 Å². The second kappa shape index (κ2) is 4.44. The van der Waals surface area contributed by atoms with Crippen LogP contribution in [0.3, 0.4) is 0 Å². The molecule has 1 aromatic carbocycles. The Morgan fingerprint density at radius 3 is 2.50 bits per heavy atom. The fourth-order valence-corrected chi connectivity index (χ4v) is 1.33. The summed E-state index contributed by atoms with van der Waals surface area (Å²) in [6, 6.07) is 4.82. The summed E-state index contributed by atoms with van der Waals surface area (Å²) in [5.74, 6) is 0.457. The molecule has 1 rings (SSSR count). The van der Waals surface area contributed by atoms with Gasteiger partial charge in [-0.2, -0.15) is 0 Å². The van der Waals surface area contributed by atoms with E-state index in [4.69, 9.17) is 10.8 Å². The first-order valence-electron chi connectivity index (χ1n) is 4.74. The number of phenols is 1. The normalized spacial score (nSPS) is 13.2. The average Bonchev–Trinajstić information content (AvgIpc) is 2.17. The Hall–Kier alpha value is -1.06. The van der Waals surface area contributed by atoms with E-state index in [1.54, 1.807) is 18.2 Å². The lowest BCUT2D eigenvalue weighted by atomic mass is 9.95. The van der Waals surface area contributed by atoms with Gasteiger partial charge in [-0.05, 0) is 23.6 Å². The van der Waals surface area contributed by atoms with Crippen LogP contribution in [-0.4, -0.2) is 10.2 Å². The third kappa shape index (κ3) is 2.25. The van der Waals surface area contributed by atoms with Crippen molar-refractivity contribution >= 4 is 0 Å². The number of rotatable bonds is 3. The van der Waals surface area contributed by atoms with E-state index in [-0.39, 0.29) is 24.3 Å². The van der Waals surface area contributed by atoms with Crippen molar-refractivity contribution < 1.29 is 10.2 Å². The standard InChI is InChI=1S/C11H17NO2/c1-7(2)11(12)9-5-8(6-13)3-4-10(9)14/h3-5,7,11,13-14H,6,12H2,1-2H3/t11-/m0/s1. The lowest BCUT2D eigenvalue weighted by Gasteiger charge is -2.17. The molecule has 78 valence electrons. The van der Waals surface area contributed by atoms with Crippen LogP contribution in [0.1, 0.15) is 31.0 Å². The van der Waals surface area contributed by atoms with E-state index in [2.05, 4.69) is 0 Å². The van der Waals surface area contributed by atoms with E-state index < -0.39 is 0 Å². The fraction of sp³-hybridized carbons (Fsp3) is 0.455. The number of aromatic hydroxyl groups is 1. The molecule has 0 radical (unpaired) electrons. The lowest BCUT2D eigenvalue weighted by Crippen LogP contribution is -2.17. The predicted molar refractivity (Wildman–Crippen MR) is 55.8 cm³/mol. The van der Waals surface area contributed by atoms with Gasteiger partial charge in [-0.1, -0.05) is 19.9 Å². The second-order valence-electron chi connectivity index (χ2n) is 3.82. The number of benzene rings is 1. The molecule has 0 spiro atoms. The van der Waals surface area contributed by atoms with Crippen LogP contribution in [0.2, 0.25) is 0 Å². The smallest absolute Gasteiger partial charge is 0.120 e. The number of hydrogen-bond acceptors (Lipinski definition) is 3. The van der Waals surface area contributed by atoms with Gasteiger partial charge in [0.15, 0.2) is 0 Å². The fourth-order valence-electron chi connectivity index (χ4n) is 1.33. The van der Waals surface area contributed by atoms with Crippen LogP contribution < -0.4 is 5.73 Å². The molecule has 0 aromatic heterocycles. The van der Waals surface area contributed by atoms with Gasteiger partial charge in [-0.15, -0.1) is 0 Å². The molecule has 0 aliphatic carbocycles. The summed E-state index contributed by atoms with van der Waals surface area (Å²) in [5, 5.41) is 18.5. The van der Waals surface area contributed by atoms with Gasteiger partial charge in [-0.25, -0.2) is 0 Å². The number of phenolic OH excluding ortho intramolecular Hbond substituents is 1. The third-order valence-corrected chi connectivity index (χ3v) is 2.35. The van der Waals surface area contributed by atoms with Gasteiger partial charge in [0.25, 0.3) is 0 Å². The summed E-state index contributed by atoms with van der Waals surface area (Å²) in [4.78, 5) is 0. The van der Waals surface area contributed by atoms with Crippen molar-refractivity contribution in [2.45, 2.75) is 26.5 Å². The maximum absolute atomic E-state index is 9.59. The summed E-state index contributed by atoms with van der Waals surface area (Å²) in [5.41, 5.74) is 7.39. The van der Waals surface area contributed by atoms with Gasteiger partial charge >= 0.3 is 0 Å². The molecule has 14 heavy (non-hydrogen) atoms. The number of aliphatic hydroxyl groups excluding tert-OH is 1. The second-order valence-corrected chi connectivity index (χ2v) is 3.82. The van der Waals surface area contributed by atoms with Crippen molar-refractivity contribution in [1.29, 1.82) is 0 Å². The Morgan fingerprint density at radius 2 is 2.00 bits per heavy atom. The number of nitrogens with two attached hydrogens (primary N) is 1. The van der Waals surface area contributed by atoms with Crippen molar-refractivity contribution in [3.63, 3.8) is 0 Å². The molecule has 0 bridgehead atoms. The first kappa shape index (κ1) is 11.0. The summed E-state index contributed by atoms with van der Waals surface area (Å²) in [7, 11) is 0. The lowest BCUT2D eigenvalue weighted by molar-refractivity contribution is 0.281. The first-order valence-corrected chi connectivity index (χ1v) is 4.74. The molecule has 4 N–H and O–H groups in total. The molecular weight excluding hydrogens is 178 g/mol. The number of aliphatic hydroxyl groups is 1. The molecule has 0 aliphatic heterocycles. The van der Waals surface area contributed by atoms with Crippen LogP contribution in [0.4, 0.5) is 0 Å². The zero-order valence-corrected chi connectivity index (χ0v) is 8.57. The van der Waals surface area contributed by atoms with Gasteiger partial charge in [0.1, 0.15) is 5.75 Å². The Morgan fingerprint density at radius 1 is 1.36 bits per heavy atom. The van der Waals surface area contributed by atoms with Crippen LogP contribution in [0, 0.1) is 5.92 Å². The summed E-state index contributed by atoms with van der Waals surface area (Å²) >= 11 is 0. The van der Waals surface area contributed by atoms with E-state index in [0.717, 1.165) is 5.56 Å². The van der Waals surface area contributed by atoms with E-state index in [9.17, 15) is 5.11 Å². The molecule has 0 fully saturated rings. The topological polar surface area (TPSA) is 66.5 Å². The molecule has 3 nitrogen and oxygen atoms in total. The minimum Gasteiger partial charge on any atom is -0.508 e. The zero-order chi connectivity index (χ0) is 10.7. The van der Waals surface area contributed by atoms with Crippen molar-refractivity contribution in [1.82, 2.24) is 0 Å². The molecule has 0 saturated heterocycles. The van der Waals surface area contributed by atoms with Gasteiger partial charge in [0.05, 0.1) is 6.61 Å². The highest BCUT2D eigenvalue weighted by atomic mass is 16.3. The predicted octanol–water partition coefficient (Wildman–Crippen LogP) is 1.54. The molecule has 1 aromatic rings. The van der Waals surface area contributed by atoms with Gasteiger partial charge in [-0.3, -0.25) is 0 Å². The molecule has 1 atom stereocenters. The summed E-state index contributed by atoms with van der Waals surface area (Å²) in [6.07, 6.45) is 0. The Labute approximate surface area is 84.2 Å². The summed E-state index contributed by atoms with van der Waals surface area (Å²) < 4.78 is 0. The monoisotopic (exact) mass is 195 g/mol. The molecule has 0 heterocycles. The molecule has 0 aliphatic rings. The minimum absolute atomic E-state index is 0.0297. The molecule has 0 unspecified atom stereocenters. The Bertz CT molecular complexity index is 310. The maximum Gasteiger partial charge on any atom is 0.120 e. The zero-order valence-electron chi connectivity index (χ0n) is 8.57.